The van der Waals surface area contributed by atoms with Crippen LogP contribution in [-0.4, -0.2) is 54.7 Å². The molecule has 3 rings (SSSR count). The van der Waals surface area contributed by atoms with Gasteiger partial charge in [0.2, 0.25) is 0 Å². The van der Waals surface area contributed by atoms with E-state index in [9.17, 15) is 0 Å². The van der Waals surface area contributed by atoms with E-state index in [0.29, 0.717) is 12.5 Å². The number of hydrogen-bond acceptors (Lipinski definition) is 7. The second kappa shape index (κ2) is 8.86. The minimum atomic E-state index is -0.0998. The highest BCUT2D eigenvalue weighted by Crippen LogP contribution is 2.32. The number of hydrogen-bond donors (Lipinski definition) is 1. The summed E-state index contributed by atoms with van der Waals surface area (Å²) < 4.78 is 24.0. The second-order valence-corrected chi connectivity index (χ2v) is 7.15. The Labute approximate surface area is 160 Å². The van der Waals surface area contributed by atoms with Gasteiger partial charge in [-0.05, 0) is 33.1 Å². The van der Waals surface area contributed by atoms with Gasteiger partial charge >= 0.3 is 0 Å². The van der Waals surface area contributed by atoms with E-state index in [2.05, 4.69) is 15.6 Å². The van der Waals surface area contributed by atoms with Gasteiger partial charge in [0.15, 0.2) is 0 Å². The molecule has 4 unspecified atom stereocenters. The molecule has 0 bridgehead atoms. The minimum absolute atomic E-state index is 0.0930. The molecule has 2 heterocycles. The van der Waals surface area contributed by atoms with Gasteiger partial charge < -0.3 is 24.1 Å². The molecule has 0 spiro atoms. The zero-order valence-corrected chi connectivity index (χ0v) is 16.8. The maximum atomic E-state index is 5.74. The third-order valence-electron chi connectivity index (χ3n) is 5.50. The molecule has 0 saturated heterocycles. The van der Waals surface area contributed by atoms with Crippen LogP contribution in [0.3, 0.4) is 0 Å². The highest BCUT2D eigenvalue weighted by atomic mass is 16.5. The molecule has 1 aliphatic carbocycles. The average Bonchev–Trinajstić information content (AvgIpc) is 3.27. The highest BCUT2D eigenvalue weighted by molar-refractivity contribution is 5.39. The molecule has 2 aromatic heterocycles. The molecule has 0 radical (unpaired) electrons. The van der Waals surface area contributed by atoms with E-state index in [4.69, 9.17) is 18.7 Å². The zero-order chi connectivity index (χ0) is 19.4. The number of rotatable bonds is 8. The predicted molar refractivity (Wildman–Crippen MR) is 101 cm³/mol. The van der Waals surface area contributed by atoms with Crippen LogP contribution in [0.5, 0.6) is 0 Å². The number of ether oxygens (including phenoxy) is 3. The van der Waals surface area contributed by atoms with E-state index >= 15 is 0 Å². The molecule has 1 N–H and O–H groups in total. The van der Waals surface area contributed by atoms with Crippen molar-refractivity contribution in [1.29, 1.82) is 0 Å². The molecule has 8 nitrogen and oxygen atoms in total. The topological polar surface area (TPSA) is 83.6 Å². The molecule has 27 heavy (non-hydrogen) atoms. The first-order valence-electron chi connectivity index (χ1n) is 9.34. The van der Waals surface area contributed by atoms with Crippen LogP contribution in [0.2, 0.25) is 0 Å². The Morgan fingerprint density at radius 2 is 2.00 bits per heavy atom. The molecule has 0 aromatic carbocycles. The number of aryl methyl sites for hydroxylation is 2. The molecule has 4 atom stereocenters. The van der Waals surface area contributed by atoms with Gasteiger partial charge in [-0.25, -0.2) is 0 Å². The summed E-state index contributed by atoms with van der Waals surface area (Å²) in [6.07, 6.45) is 6.83. The summed E-state index contributed by atoms with van der Waals surface area (Å²) in [5.74, 6) is 1.17. The smallest absolute Gasteiger partial charge is 0.138 e. The molecule has 0 aliphatic heterocycles. The molecule has 150 valence electrons. The van der Waals surface area contributed by atoms with Gasteiger partial charge in [-0.3, -0.25) is 4.68 Å². The van der Waals surface area contributed by atoms with Crippen LogP contribution >= 0.6 is 0 Å². The largest absolute Gasteiger partial charge is 0.379 e. The SMILES string of the molecule is COC1CCC(C(Nc2cnn(Cc3c(C)noc3C)c2)OC)CC1OC. The van der Waals surface area contributed by atoms with Crippen LogP contribution < -0.4 is 5.32 Å². The molecular weight excluding hydrogens is 348 g/mol. The van der Waals surface area contributed by atoms with Gasteiger partial charge in [0.1, 0.15) is 12.0 Å². The van der Waals surface area contributed by atoms with Crippen molar-refractivity contribution >= 4 is 5.69 Å². The van der Waals surface area contributed by atoms with Crippen molar-refractivity contribution < 1.29 is 18.7 Å². The Balaban J connectivity index is 1.63. The normalized spacial score (nSPS) is 24.1. The average molecular weight is 378 g/mol. The lowest BCUT2D eigenvalue weighted by Gasteiger charge is -2.37. The highest BCUT2D eigenvalue weighted by Gasteiger charge is 2.35. The van der Waals surface area contributed by atoms with E-state index < -0.39 is 0 Å². The van der Waals surface area contributed by atoms with Gasteiger partial charge in [0.25, 0.3) is 0 Å². The van der Waals surface area contributed by atoms with Crippen LogP contribution in [0.15, 0.2) is 16.9 Å². The quantitative estimate of drug-likeness (QED) is 0.707. The standard InChI is InChI=1S/C19H30N4O4/c1-12-16(13(2)27-22-12)11-23-10-15(9-20-23)21-19(26-5)14-6-7-17(24-3)18(8-14)25-4/h9-10,14,17-19,21H,6-8,11H2,1-5H3. The summed E-state index contributed by atoms with van der Waals surface area (Å²) in [4.78, 5) is 0. The molecule has 1 fully saturated rings. The number of nitrogens with one attached hydrogen (secondary N) is 1. The van der Waals surface area contributed by atoms with E-state index in [0.717, 1.165) is 42.0 Å². The van der Waals surface area contributed by atoms with Crippen LogP contribution in [0.25, 0.3) is 0 Å². The van der Waals surface area contributed by atoms with Crippen molar-refractivity contribution in [3.8, 4) is 0 Å². The van der Waals surface area contributed by atoms with Gasteiger partial charge in [0, 0.05) is 39.0 Å². The fraction of sp³-hybridized carbons (Fsp3) is 0.684. The summed E-state index contributed by atoms with van der Waals surface area (Å²) in [7, 11) is 5.22. The van der Waals surface area contributed by atoms with Crippen molar-refractivity contribution in [2.45, 2.75) is 58.1 Å². The Kier molecular flexibility index (Phi) is 6.51. The van der Waals surface area contributed by atoms with Crippen LogP contribution in [-0.2, 0) is 20.8 Å². The fourth-order valence-electron chi connectivity index (χ4n) is 3.87. The Morgan fingerprint density at radius 3 is 2.63 bits per heavy atom. The van der Waals surface area contributed by atoms with Crippen LogP contribution in [0.1, 0.15) is 36.3 Å². The molecule has 1 aliphatic rings. The Hall–Kier alpha value is -1.90. The van der Waals surface area contributed by atoms with Gasteiger partial charge in [-0.2, -0.15) is 5.10 Å². The predicted octanol–water partition coefficient (Wildman–Crippen LogP) is 2.75. The number of methoxy groups -OCH3 is 3. The first-order chi connectivity index (χ1) is 13.0. The van der Waals surface area contributed by atoms with Crippen molar-refractivity contribution in [3.05, 3.63) is 29.4 Å². The van der Waals surface area contributed by atoms with Gasteiger partial charge in [-0.15, -0.1) is 0 Å². The monoisotopic (exact) mass is 378 g/mol. The Morgan fingerprint density at radius 1 is 1.22 bits per heavy atom. The lowest BCUT2D eigenvalue weighted by atomic mass is 9.84. The third-order valence-corrected chi connectivity index (χ3v) is 5.50. The summed E-state index contributed by atoms with van der Waals surface area (Å²) in [5, 5.41) is 11.9. The lowest BCUT2D eigenvalue weighted by Crippen LogP contribution is -2.42. The summed E-state index contributed by atoms with van der Waals surface area (Å²) >= 11 is 0. The van der Waals surface area contributed by atoms with Crippen molar-refractivity contribution in [2.75, 3.05) is 26.6 Å². The number of aromatic nitrogens is 3. The second-order valence-electron chi connectivity index (χ2n) is 7.15. The summed E-state index contributed by atoms with van der Waals surface area (Å²) in [5.41, 5.74) is 2.89. The molecule has 0 amide bonds. The first kappa shape index (κ1) is 19.9. The number of anilines is 1. The molecular formula is C19H30N4O4. The third kappa shape index (κ3) is 4.51. The summed E-state index contributed by atoms with van der Waals surface area (Å²) in [6.45, 7) is 4.49. The van der Waals surface area contributed by atoms with E-state index in [1.165, 1.54) is 0 Å². The number of nitrogens with zero attached hydrogens (tertiary/aromatic N) is 3. The van der Waals surface area contributed by atoms with E-state index in [1.807, 2.05) is 30.9 Å². The van der Waals surface area contributed by atoms with Crippen LogP contribution in [0, 0.1) is 19.8 Å². The van der Waals surface area contributed by atoms with E-state index in [-0.39, 0.29) is 18.4 Å². The molecule has 1 saturated carbocycles. The van der Waals surface area contributed by atoms with E-state index in [1.54, 1.807) is 21.3 Å². The van der Waals surface area contributed by atoms with Crippen molar-refractivity contribution in [3.63, 3.8) is 0 Å². The van der Waals surface area contributed by atoms with Crippen LogP contribution in [0.4, 0.5) is 5.69 Å². The zero-order valence-electron chi connectivity index (χ0n) is 16.8. The van der Waals surface area contributed by atoms with Crippen molar-refractivity contribution in [1.82, 2.24) is 14.9 Å². The van der Waals surface area contributed by atoms with Gasteiger partial charge in [-0.1, -0.05) is 5.16 Å². The lowest BCUT2D eigenvalue weighted by molar-refractivity contribution is -0.0865. The fourth-order valence-corrected chi connectivity index (χ4v) is 3.87. The van der Waals surface area contributed by atoms with Crippen molar-refractivity contribution in [2.24, 2.45) is 5.92 Å². The minimum Gasteiger partial charge on any atom is -0.379 e. The Bertz CT molecular complexity index is 710. The molecule has 2 aromatic rings. The maximum absolute atomic E-state index is 5.74. The maximum Gasteiger partial charge on any atom is 0.138 e. The molecule has 8 heteroatoms. The first-order valence-corrected chi connectivity index (χ1v) is 9.34. The van der Waals surface area contributed by atoms with Gasteiger partial charge in [0.05, 0.1) is 36.3 Å². The summed E-state index contributed by atoms with van der Waals surface area (Å²) in [6, 6.07) is 0.